The Hall–Kier alpha value is -5.35. The zero-order chi connectivity index (χ0) is 53.0. The SMILES string of the molecule is CC(C)(C)c1ccc(N(c2ccc3c(c2)sc2ccc4c(c23)CCC4)c2cc(C(C)(C)C)cc(N(c3ccc(C(C)(C)C)cc3)c3ccc(C(C)(C)C)cc3-c3cc(C(C)(C)C)cc(C(C)(C)C)c3)c2Cl)cc1. The summed E-state index contributed by atoms with van der Waals surface area (Å²) in [4.78, 5) is 4.89. The maximum absolute atomic E-state index is 8.37. The number of hydrogen-bond donors (Lipinski definition) is 0. The first-order chi connectivity index (χ1) is 33.9. The molecule has 0 unspecified atom stereocenters. The van der Waals surface area contributed by atoms with Crippen LogP contribution in [0.2, 0.25) is 5.02 Å². The quantitative estimate of drug-likeness (QED) is 0.157. The highest BCUT2D eigenvalue weighted by atomic mass is 35.5. The zero-order valence-electron chi connectivity index (χ0n) is 47.4. The van der Waals surface area contributed by atoms with E-state index < -0.39 is 0 Å². The molecule has 7 aromatic carbocycles. The molecule has 380 valence electrons. The van der Waals surface area contributed by atoms with Crippen LogP contribution < -0.4 is 9.80 Å². The fraction of sp³-hybridized carbons (Fsp3) is 0.391. The number of benzene rings is 7. The van der Waals surface area contributed by atoms with Crippen molar-refractivity contribution in [2.75, 3.05) is 9.80 Å². The topological polar surface area (TPSA) is 6.48 Å². The molecule has 0 aliphatic heterocycles. The average molecular weight is 1010 g/mol. The maximum atomic E-state index is 8.37. The van der Waals surface area contributed by atoms with E-state index in [0.717, 1.165) is 40.5 Å². The number of anilines is 6. The highest BCUT2D eigenvalue weighted by Gasteiger charge is 2.31. The van der Waals surface area contributed by atoms with Crippen molar-refractivity contribution in [2.45, 2.75) is 176 Å². The lowest BCUT2D eigenvalue weighted by atomic mass is 9.78. The Morgan fingerprint density at radius 3 is 1.37 bits per heavy atom. The van der Waals surface area contributed by atoms with Gasteiger partial charge in [0.05, 0.1) is 22.1 Å². The van der Waals surface area contributed by atoms with Gasteiger partial charge in [-0.2, -0.15) is 0 Å². The molecular formula is C69H81ClN2S. The predicted molar refractivity (Wildman–Crippen MR) is 323 cm³/mol. The molecule has 0 spiro atoms. The minimum Gasteiger partial charge on any atom is -0.309 e. The molecule has 0 amide bonds. The van der Waals surface area contributed by atoms with Gasteiger partial charge in [0.15, 0.2) is 0 Å². The van der Waals surface area contributed by atoms with Gasteiger partial charge in [-0.15, -0.1) is 11.3 Å². The van der Waals surface area contributed by atoms with Crippen LogP contribution >= 0.6 is 22.9 Å². The van der Waals surface area contributed by atoms with Crippen LogP contribution in [0.4, 0.5) is 34.1 Å². The zero-order valence-corrected chi connectivity index (χ0v) is 49.0. The third-order valence-electron chi connectivity index (χ3n) is 15.4. The standard InChI is InChI=1S/C69H81ClN2S/c1-64(2,3)45-23-28-51(29-24-45)71(53-32-33-55-61(42-53)73-60-35-22-43-20-19-21-54(43)62(55)60)58-40-50(69(16,17)18)41-59(63(58)70)72(52-30-25-46(26-31-52)65(4,5)6)57-34-27-47(66(7,8)9)39-56(57)44-36-48(67(10,11)12)38-49(37-44)68(13,14)15/h22-42H,19-21H2,1-18H3. The van der Waals surface area contributed by atoms with Crippen LogP contribution in [0, 0.1) is 0 Å². The van der Waals surface area contributed by atoms with Gasteiger partial charge in [-0.05, 0) is 169 Å². The first-order valence-electron chi connectivity index (χ1n) is 26.8. The summed E-state index contributed by atoms with van der Waals surface area (Å²) in [5, 5.41) is 3.48. The summed E-state index contributed by atoms with van der Waals surface area (Å²) in [6.07, 6.45) is 3.56. The predicted octanol–water partition coefficient (Wildman–Crippen LogP) is 21.6. The smallest absolute Gasteiger partial charge is 0.0887 e. The van der Waals surface area contributed by atoms with E-state index in [1.54, 1.807) is 5.56 Å². The van der Waals surface area contributed by atoms with Crippen LogP contribution in [0.3, 0.4) is 0 Å². The van der Waals surface area contributed by atoms with Crippen molar-refractivity contribution < 1.29 is 0 Å². The van der Waals surface area contributed by atoms with Crippen LogP contribution in [0.5, 0.6) is 0 Å². The van der Waals surface area contributed by atoms with E-state index in [-0.39, 0.29) is 32.5 Å². The van der Waals surface area contributed by atoms with Crippen molar-refractivity contribution in [2.24, 2.45) is 0 Å². The van der Waals surface area contributed by atoms with E-state index in [9.17, 15) is 0 Å². The van der Waals surface area contributed by atoms with Crippen molar-refractivity contribution in [1.29, 1.82) is 0 Å². The molecule has 1 aliphatic rings. The van der Waals surface area contributed by atoms with Crippen LogP contribution in [0.25, 0.3) is 31.3 Å². The number of halogens is 1. The summed E-state index contributed by atoms with van der Waals surface area (Å²) in [6, 6.07) is 49.5. The molecule has 1 aromatic heterocycles. The fourth-order valence-corrected chi connectivity index (χ4v) is 12.0. The highest BCUT2D eigenvalue weighted by Crippen LogP contribution is 2.53. The number of hydrogen-bond acceptors (Lipinski definition) is 3. The molecule has 0 saturated heterocycles. The minimum absolute atomic E-state index is 0.0000979. The van der Waals surface area contributed by atoms with Crippen LogP contribution in [-0.4, -0.2) is 0 Å². The monoisotopic (exact) mass is 1000 g/mol. The number of fused-ring (bicyclic) bond motifs is 5. The van der Waals surface area contributed by atoms with E-state index in [0.29, 0.717) is 5.02 Å². The molecule has 73 heavy (non-hydrogen) atoms. The van der Waals surface area contributed by atoms with Gasteiger partial charge >= 0.3 is 0 Å². The molecular weight excluding hydrogens is 924 g/mol. The molecule has 0 atom stereocenters. The molecule has 2 nitrogen and oxygen atoms in total. The molecule has 0 N–H and O–H groups in total. The fourth-order valence-electron chi connectivity index (χ4n) is 10.6. The average Bonchev–Trinajstić information content (AvgIpc) is 3.93. The van der Waals surface area contributed by atoms with E-state index in [4.69, 9.17) is 11.6 Å². The van der Waals surface area contributed by atoms with Crippen LogP contribution in [-0.2, 0) is 45.3 Å². The highest BCUT2D eigenvalue weighted by molar-refractivity contribution is 7.25. The number of thiophene rings is 1. The Morgan fingerprint density at radius 1 is 0.384 bits per heavy atom. The molecule has 4 heteroatoms. The van der Waals surface area contributed by atoms with Crippen LogP contribution in [0.15, 0.2) is 127 Å². The lowest BCUT2D eigenvalue weighted by Gasteiger charge is -2.35. The Bertz CT molecular complexity index is 3330. The molecule has 0 fully saturated rings. The second-order valence-electron chi connectivity index (χ2n) is 27.3. The molecule has 0 radical (unpaired) electrons. The van der Waals surface area contributed by atoms with Crippen molar-refractivity contribution in [3.8, 4) is 11.1 Å². The van der Waals surface area contributed by atoms with Gasteiger partial charge in [-0.25, -0.2) is 0 Å². The maximum Gasteiger partial charge on any atom is 0.0887 e. The molecule has 0 saturated carbocycles. The summed E-state index contributed by atoms with van der Waals surface area (Å²) in [5.41, 5.74) is 18.9. The summed E-state index contributed by atoms with van der Waals surface area (Å²) in [5.74, 6) is 0. The van der Waals surface area contributed by atoms with Crippen molar-refractivity contribution >= 4 is 77.2 Å². The van der Waals surface area contributed by atoms with E-state index in [1.165, 1.54) is 83.1 Å². The summed E-state index contributed by atoms with van der Waals surface area (Å²) < 4.78 is 2.66. The molecule has 9 rings (SSSR count). The van der Waals surface area contributed by atoms with Gasteiger partial charge in [0.1, 0.15) is 0 Å². The Labute approximate surface area is 448 Å². The van der Waals surface area contributed by atoms with Gasteiger partial charge in [-0.3, -0.25) is 0 Å². The Kier molecular flexibility index (Phi) is 13.3. The first-order valence-corrected chi connectivity index (χ1v) is 28.0. The summed E-state index contributed by atoms with van der Waals surface area (Å²) in [7, 11) is 0. The van der Waals surface area contributed by atoms with Crippen molar-refractivity contribution in [3.63, 3.8) is 0 Å². The largest absolute Gasteiger partial charge is 0.309 e. The lowest BCUT2D eigenvalue weighted by molar-refractivity contribution is 0.569. The van der Waals surface area contributed by atoms with Gasteiger partial charge in [0, 0.05) is 42.8 Å². The normalized spacial score (nSPS) is 13.8. The van der Waals surface area contributed by atoms with Crippen molar-refractivity contribution in [1.82, 2.24) is 0 Å². The lowest BCUT2D eigenvalue weighted by Crippen LogP contribution is -2.20. The van der Waals surface area contributed by atoms with E-state index >= 15 is 0 Å². The Balaban J connectivity index is 1.37. The third-order valence-corrected chi connectivity index (χ3v) is 16.9. The third kappa shape index (κ3) is 10.4. The van der Waals surface area contributed by atoms with Crippen LogP contribution in [0.1, 0.15) is 176 Å². The first kappa shape index (κ1) is 52.5. The van der Waals surface area contributed by atoms with E-state index in [1.807, 2.05) is 11.3 Å². The molecule has 1 heterocycles. The second-order valence-corrected chi connectivity index (χ2v) is 28.8. The minimum atomic E-state index is -0.227. The molecule has 1 aliphatic carbocycles. The van der Waals surface area contributed by atoms with Gasteiger partial charge in [0.25, 0.3) is 0 Å². The van der Waals surface area contributed by atoms with Gasteiger partial charge < -0.3 is 9.80 Å². The summed E-state index contributed by atoms with van der Waals surface area (Å²) in [6.45, 7) is 41.7. The van der Waals surface area contributed by atoms with E-state index in [2.05, 4.69) is 262 Å². The van der Waals surface area contributed by atoms with Gasteiger partial charge in [0.2, 0.25) is 0 Å². The summed E-state index contributed by atoms with van der Waals surface area (Å²) >= 11 is 10.3. The number of aryl methyl sites for hydroxylation is 2. The second kappa shape index (κ2) is 18.5. The number of nitrogens with zero attached hydrogens (tertiary/aromatic N) is 2. The molecule has 8 aromatic rings. The van der Waals surface area contributed by atoms with Gasteiger partial charge in [-0.1, -0.05) is 197 Å². The number of rotatable bonds is 7. The Morgan fingerprint density at radius 2 is 0.849 bits per heavy atom. The molecule has 0 bridgehead atoms. The van der Waals surface area contributed by atoms with Crippen molar-refractivity contribution in [3.05, 3.63) is 177 Å².